The topological polar surface area (TPSA) is 58.4 Å². The highest BCUT2D eigenvalue weighted by Crippen LogP contribution is 2.20. The van der Waals surface area contributed by atoms with Crippen molar-refractivity contribution in [2.75, 3.05) is 7.05 Å². The Morgan fingerprint density at radius 2 is 2.00 bits per heavy atom. The summed E-state index contributed by atoms with van der Waals surface area (Å²) in [6.07, 6.45) is 2.33. The molecule has 3 rings (SSSR count). The maximum absolute atomic E-state index is 12.4. The minimum absolute atomic E-state index is 0.350. The molecule has 1 amide bonds. The first-order valence-corrected chi connectivity index (χ1v) is 8.20. The normalized spacial score (nSPS) is 12.0. The van der Waals surface area contributed by atoms with Crippen LogP contribution in [0.5, 0.6) is 0 Å². The number of benzene rings is 2. The Morgan fingerprint density at radius 3 is 2.72 bits per heavy atom. The quantitative estimate of drug-likeness (QED) is 0.764. The number of halogens is 1. The number of aliphatic hydroxyl groups excluding tert-OH is 1. The van der Waals surface area contributed by atoms with E-state index in [1.54, 1.807) is 42.2 Å². The van der Waals surface area contributed by atoms with Gasteiger partial charge in [0.1, 0.15) is 0 Å². The molecular formula is C19H18ClN3O2. The fourth-order valence-corrected chi connectivity index (χ4v) is 2.74. The second-order valence-corrected chi connectivity index (χ2v) is 6.22. The van der Waals surface area contributed by atoms with Gasteiger partial charge < -0.3 is 10.0 Å². The molecule has 0 bridgehead atoms. The zero-order chi connectivity index (χ0) is 17.8. The van der Waals surface area contributed by atoms with Crippen molar-refractivity contribution in [1.29, 1.82) is 0 Å². The van der Waals surface area contributed by atoms with Crippen LogP contribution in [0.2, 0.25) is 5.02 Å². The summed E-state index contributed by atoms with van der Waals surface area (Å²) in [4.78, 5) is 13.9. The van der Waals surface area contributed by atoms with E-state index in [1.165, 1.54) is 4.90 Å². The number of amides is 1. The van der Waals surface area contributed by atoms with Crippen molar-refractivity contribution >= 4 is 17.5 Å². The van der Waals surface area contributed by atoms with E-state index in [-0.39, 0.29) is 0 Å². The molecule has 0 spiro atoms. The molecule has 1 heterocycles. The maximum Gasteiger partial charge on any atom is 0.256 e. The number of hydrogen-bond donors (Lipinski definition) is 1. The average Bonchev–Trinajstić information content (AvgIpc) is 3.09. The van der Waals surface area contributed by atoms with Crippen LogP contribution in [0, 0.1) is 0 Å². The fraction of sp³-hybridized carbons (Fsp3) is 0.158. The summed E-state index contributed by atoms with van der Waals surface area (Å²) in [7, 11) is 1.65. The first-order chi connectivity index (χ1) is 12.0. The van der Waals surface area contributed by atoms with Crippen LogP contribution in [0.4, 0.5) is 0 Å². The number of likely N-dealkylation sites (N-methyl/N-ethyl adjacent to an activating group) is 1. The molecule has 0 unspecified atom stereocenters. The number of nitrogens with zero attached hydrogens (tertiary/aromatic N) is 3. The number of carbonyl (C=O) groups is 1. The van der Waals surface area contributed by atoms with E-state index in [4.69, 9.17) is 11.6 Å². The molecule has 0 fully saturated rings. The lowest BCUT2D eigenvalue weighted by atomic mass is 10.1. The number of aromatic nitrogens is 2. The molecule has 6 heteroatoms. The third-order valence-corrected chi connectivity index (χ3v) is 4.09. The Labute approximate surface area is 151 Å². The van der Waals surface area contributed by atoms with E-state index >= 15 is 0 Å². The Morgan fingerprint density at radius 1 is 1.24 bits per heavy atom. The number of para-hydroxylation sites is 1. The lowest BCUT2D eigenvalue weighted by Crippen LogP contribution is -2.31. The molecule has 5 nitrogen and oxygen atoms in total. The van der Waals surface area contributed by atoms with Crippen molar-refractivity contribution < 1.29 is 9.90 Å². The number of hydrogen-bond acceptors (Lipinski definition) is 3. The van der Waals surface area contributed by atoms with Gasteiger partial charge in [-0.25, -0.2) is 4.68 Å². The Hall–Kier alpha value is -2.63. The summed E-state index contributed by atoms with van der Waals surface area (Å²) in [5.74, 6) is -0.394. The van der Waals surface area contributed by atoms with Gasteiger partial charge in [-0.15, -0.1) is 0 Å². The third kappa shape index (κ3) is 4.07. The van der Waals surface area contributed by atoms with Crippen molar-refractivity contribution in [2.45, 2.75) is 12.6 Å². The zero-order valence-corrected chi connectivity index (χ0v) is 14.5. The fourth-order valence-electron chi connectivity index (χ4n) is 2.54. The molecule has 0 aliphatic carbocycles. The smallest absolute Gasteiger partial charge is 0.256 e. The van der Waals surface area contributed by atoms with Crippen LogP contribution in [-0.2, 0) is 11.3 Å². The second kappa shape index (κ2) is 7.51. The van der Waals surface area contributed by atoms with Gasteiger partial charge in [0.05, 0.1) is 11.9 Å². The van der Waals surface area contributed by atoms with Gasteiger partial charge in [0.2, 0.25) is 0 Å². The van der Waals surface area contributed by atoms with Crippen LogP contribution in [0.15, 0.2) is 67.0 Å². The lowest BCUT2D eigenvalue weighted by molar-refractivity contribution is -0.139. The Kier molecular flexibility index (Phi) is 5.16. The summed E-state index contributed by atoms with van der Waals surface area (Å²) in [5.41, 5.74) is 2.30. The van der Waals surface area contributed by atoms with Crippen LogP contribution in [0.1, 0.15) is 17.2 Å². The average molecular weight is 356 g/mol. The predicted octanol–water partition coefficient (Wildman–Crippen LogP) is 3.22. The minimum atomic E-state index is -1.24. The standard InChI is InChI=1S/C19H18ClN3O2/c1-22(19(25)18(24)15-6-5-7-16(20)10-15)12-14-11-21-23(13-14)17-8-3-2-4-9-17/h2-11,13,18,24H,12H2,1H3/t18-/m1/s1. The Bertz CT molecular complexity index is 864. The largest absolute Gasteiger partial charge is 0.378 e. The van der Waals surface area contributed by atoms with E-state index in [1.807, 2.05) is 36.5 Å². The van der Waals surface area contributed by atoms with Crippen LogP contribution in [0.25, 0.3) is 5.69 Å². The van der Waals surface area contributed by atoms with Gasteiger partial charge in [0.15, 0.2) is 6.10 Å². The van der Waals surface area contributed by atoms with Gasteiger partial charge in [-0.2, -0.15) is 5.10 Å². The molecule has 2 aromatic carbocycles. The van der Waals surface area contributed by atoms with Crippen LogP contribution in [-0.4, -0.2) is 32.7 Å². The summed E-state index contributed by atoms with van der Waals surface area (Å²) >= 11 is 5.92. The molecule has 1 atom stereocenters. The van der Waals surface area contributed by atoms with Crippen molar-refractivity contribution in [3.05, 3.63) is 83.1 Å². The molecule has 3 aromatic rings. The predicted molar refractivity (Wildman–Crippen MR) is 96.4 cm³/mol. The minimum Gasteiger partial charge on any atom is -0.378 e. The number of aliphatic hydroxyl groups is 1. The number of rotatable bonds is 5. The molecule has 25 heavy (non-hydrogen) atoms. The first-order valence-electron chi connectivity index (χ1n) is 7.82. The molecule has 0 aliphatic heterocycles. The van der Waals surface area contributed by atoms with E-state index < -0.39 is 12.0 Å². The second-order valence-electron chi connectivity index (χ2n) is 5.78. The molecular weight excluding hydrogens is 338 g/mol. The molecule has 1 aromatic heterocycles. The highest BCUT2D eigenvalue weighted by atomic mass is 35.5. The van der Waals surface area contributed by atoms with E-state index in [9.17, 15) is 9.90 Å². The van der Waals surface area contributed by atoms with Gasteiger partial charge in [-0.1, -0.05) is 41.9 Å². The SMILES string of the molecule is CN(Cc1cnn(-c2ccccc2)c1)C(=O)[C@H](O)c1cccc(Cl)c1. The van der Waals surface area contributed by atoms with Crippen molar-refractivity contribution in [3.63, 3.8) is 0 Å². The molecule has 0 aliphatic rings. The highest BCUT2D eigenvalue weighted by Gasteiger charge is 2.22. The molecule has 1 N–H and O–H groups in total. The number of carbonyl (C=O) groups excluding carboxylic acids is 1. The molecule has 128 valence electrons. The van der Waals surface area contributed by atoms with E-state index in [0.29, 0.717) is 17.1 Å². The maximum atomic E-state index is 12.4. The molecule has 0 saturated carbocycles. The van der Waals surface area contributed by atoms with Gasteiger partial charge in [0, 0.05) is 30.4 Å². The molecule has 0 saturated heterocycles. The van der Waals surface area contributed by atoms with Gasteiger partial charge in [0.25, 0.3) is 5.91 Å². The monoisotopic (exact) mass is 355 g/mol. The van der Waals surface area contributed by atoms with E-state index in [2.05, 4.69) is 5.10 Å². The van der Waals surface area contributed by atoms with Crippen LogP contribution < -0.4 is 0 Å². The van der Waals surface area contributed by atoms with Crippen LogP contribution in [0.3, 0.4) is 0 Å². The Balaban J connectivity index is 1.68. The van der Waals surface area contributed by atoms with E-state index in [0.717, 1.165) is 11.3 Å². The summed E-state index contributed by atoms with van der Waals surface area (Å²) in [6.45, 7) is 0.350. The van der Waals surface area contributed by atoms with Gasteiger partial charge in [-0.3, -0.25) is 4.79 Å². The zero-order valence-electron chi connectivity index (χ0n) is 13.7. The third-order valence-electron chi connectivity index (χ3n) is 3.85. The first kappa shape index (κ1) is 17.2. The van der Waals surface area contributed by atoms with Crippen LogP contribution >= 0.6 is 11.6 Å². The molecule has 0 radical (unpaired) electrons. The van der Waals surface area contributed by atoms with Gasteiger partial charge in [-0.05, 0) is 29.8 Å². The van der Waals surface area contributed by atoms with Crippen molar-refractivity contribution in [3.8, 4) is 5.69 Å². The summed E-state index contributed by atoms with van der Waals surface area (Å²) in [6, 6.07) is 16.4. The summed E-state index contributed by atoms with van der Waals surface area (Å²) < 4.78 is 1.75. The van der Waals surface area contributed by atoms with Crippen molar-refractivity contribution in [1.82, 2.24) is 14.7 Å². The van der Waals surface area contributed by atoms with Gasteiger partial charge >= 0.3 is 0 Å². The lowest BCUT2D eigenvalue weighted by Gasteiger charge is -2.20. The summed E-state index contributed by atoms with van der Waals surface area (Å²) in [5, 5.41) is 15.1. The highest BCUT2D eigenvalue weighted by molar-refractivity contribution is 6.30. The van der Waals surface area contributed by atoms with Crippen molar-refractivity contribution in [2.24, 2.45) is 0 Å².